The van der Waals surface area contributed by atoms with Crippen LogP contribution in [0.2, 0.25) is 0 Å². The maximum Gasteiger partial charge on any atom is 0.328 e. The van der Waals surface area contributed by atoms with Crippen LogP contribution in [0.1, 0.15) is 12.0 Å². The van der Waals surface area contributed by atoms with Crippen molar-refractivity contribution in [3.05, 3.63) is 70.5 Å². The van der Waals surface area contributed by atoms with Gasteiger partial charge in [0.2, 0.25) is 0 Å². The molecule has 0 saturated carbocycles. The first kappa shape index (κ1) is 21.8. The number of hydrogen-bond donors (Lipinski definition) is 4. The Bertz CT molecular complexity index is 1080. The van der Waals surface area contributed by atoms with Crippen LogP contribution in [0.3, 0.4) is 0 Å². The number of amides is 2. The number of esters is 1. The number of nitrogens with zero attached hydrogens (tertiary/aromatic N) is 1. The average molecular weight is 423 g/mol. The van der Waals surface area contributed by atoms with E-state index < -0.39 is 18.0 Å². The lowest BCUT2D eigenvalue weighted by atomic mass is 10.1. The van der Waals surface area contributed by atoms with Crippen molar-refractivity contribution in [2.75, 3.05) is 25.5 Å². The summed E-state index contributed by atoms with van der Waals surface area (Å²) in [4.78, 5) is 36.0. The Labute approximate surface area is 179 Å². The molecule has 162 valence electrons. The van der Waals surface area contributed by atoms with Gasteiger partial charge in [0.15, 0.2) is 5.82 Å². The van der Waals surface area contributed by atoms with Gasteiger partial charge in [-0.15, -0.1) is 0 Å². The molecular weight excluding hydrogens is 398 g/mol. The molecular formula is C22H25N5O4. The second-order valence-electron chi connectivity index (χ2n) is 6.89. The Morgan fingerprint density at radius 3 is 2.48 bits per heavy atom. The molecule has 2 amide bonds. The van der Waals surface area contributed by atoms with Crippen LogP contribution < -0.4 is 21.5 Å². The minimum Gasteiger partial charge on any atom is -0.467 e. The first-order chi connectivity index (χ1) is 15.1. The number of benzene rings is 2. The van der Waals surface area contributed by atoms with Gasteiger partial charge in [-0.3, -0.25) is 4.79 Å². The molecule has 1 aromatic heterocycles. The number of carbonyl (C=O) groups is 2. The number of anilines is 1. The zero-order valence-electron chi connectivity index (χ0n) is 17.2. The van der Waals surface area contributed by atoms with Gasteiger partial charge >= 0.3 is 12.0 Å². The van der Waals surface area contributed by atoms with Crippen LogP contribution in [0.4, 0.5) is 10.6 Å². The highest BCUT2D eigenvalue weighted by atomic mass is 16.5. The number of fused-ring (bicyclic) bond motifs is 1. The summed E-state index contributed by atoms with van der Waals surface area (Å²) in [7, 11) is 1.29. The average Bonchev–Trinajstić information content (AvgIpc) is 2.80. The summed E-state index contributed by atoms with van der Waals surface area (Å²) in [6, 6.07) is 15.4. The molecule has 4 N–H and O–H groups in total. The van der Waals surface area contributed by atoms with Crippen molar-refractivity contribution in [2.24, 2.45) is 0 Å². The quantitative estimate of drug-likeness (QED) is 0.307. The van der Waals surface area contributed by atoms with Gasteiger partial charge in [-0.2, -0.15) is 5.10 Å². The van der Waals surface area contributed by atoms with Gasteiger partial charge in [-0.1, -0.05) is 48.5 Å². The lowest BCUT2D eigenvalue weighted by Crippen LogP contribution is -2.47. The zero-order valence-corrected chi connectivity index (χ0v) is 17.2. The number of hydrogen-bond acceptors (Lipinski definition) is 6. The highest BCUT2D eigenvalue weighted by Crippen LogP contribution is 2.16. The van der Waals surface area contributed by atoms with Crippen LogP contribution in [0.5, 0.6) is 0 Å². The highest BCUT2D eigenvalue weighted by molar-refractivity contribution is 5.90. The molecule has 2 aromatic carbocycles. The van der Waals surface area contributed by atoms with Gasteiger partial charge < -0.3 is 20.7 Å². The van der Waals surface area contributed by atoms with E-state index >= 15 is 0 Å². The number of H-pyrrole nitrogens is 1. The fourth-order valence-corrected chi connectivity index (χ4v) is 3.14. The Morgan fingerprint density at radius 2 is 1.74 bits per heavy atom. The Balaban J connectivity index is 1.46. The normalized spacial score (nSPS) is 11.5. The number of ether oxygens (including phenoxy) is 1. The first-order valence-corrected chi connectivity index (χ1v) is 9.96. The molecule has 0 aliphatic carbocycles. The summed E-state index contributed by atoms with van der Waals surface area (Å²) >= 11 is 0. The molecule has 0 radical (unpaired) electrons. The predicted octanol–water partition coefficient (Wildman–Crippen LogP) is 1.81. The van der Waals surface area contributed by atoms with Gasteiger partial charge in [0.1, 0.15) is 6.04 Å². The van der Waals surface area contributed by atoms with E-state index in [1.165, 1.54) is 7.11 Å². The Kier molecular flexibility index (Phi) is 7.58. The van der Waals surface area contributed by atoms with E-state index in [4.69, 9.17) is 4.74 Å². The van der Waals surface area contributed by atoms with Crippen molar-refractivity contribution in [3.8, 4) is 0 Å². The molecule has 3 aromatic rings. The van der Waals surface area contributed by atoms with Crippen LogP contribution in [0.25, 0.3) is 10.8 Å². The number of nitrogens with one attached hydrogen (secondary N) is 4. The fraction of sp³-hybridized carbons (Fsp3) is 0.273. The van der Waals surface area contributed by atoms with Crippen LogP contribution in [-0.2, 0) is 16.0 Å². The highest BCUT2D eigenvalue weighted by Gasteiger charge is 2.21. The first-order valence-electron chi connectivity index (χ1n) is 9.96. The fourth-order valence-electron chi connectivity index (χ4n) is 3.14. The molecule has 1 heterocycles. The smallest absolute Gasteiger partial charge is 0.328 e. The summed E-state index contributed by atoms with van der Waals surface area (Å²) in [6.45, 7) is 0.924. The molecule has 3 rings (SSSR count). The van der Waals surface area contributed by atoms with Crippen molar-refractivity contribution in [2.45, 2.75) is 18.9 Å². The molecule has 9 heteroatoms. The number of methoxy groups -OCH3 is 1. The van der Waals surface area contributed by atoms with E-state index in [0.717, 1.165) is 10.9 Å². The second kappa shape index (κ2) is 10.8. The lowest BCUT2D eigenvalue weighted by molar-refractivity contribution is -0.142. The molecule has 0 fully saturated rings. The summed E-state index contributed by atoms with van der Waals surface area (Å²) < 4.78 is 4.80. The third-order valence-corrected chi connectivity index (χ3v) is 4.70. The van der Waals surface area contributed by atoms with Crippen LogP contribution in [0.15, 0.2) is 59.4 Å². The molecule has 0 aliphatic rings. The summed E-state index contributed by atoms with van der Waals surface area (Å²) in [5.74, 6) is 0.0740. The molecule has 31 heavy (non-hydrogen) atoms. The molecule has 0 spiro atoms. The molecule has 1 atom stereocenters. The Hall–Kier alpha value is -3.88. The molecule has 0 saturated heterocycles. The third kappa shape index (κ3) is 6.05. The van der Waals surface area contributed by atoms with E-state index in [-0.39, 0.29) is 5.56 Å². The summed E-state index contributed by atoms with van der Waals surface area (Å²) in [5, 5.41) is 16.4. The summed E-state index contributed by atoms with van der Waals surface area (Å²) in [5.41, 5.74) is 0.679. The predicted molar refractivity (Wildman–Crippen MR) is 118 cm³/mol. The number of aromatic amines is 1. The monoisotopic (exact) mass is 423 g/mol. The third-order valence-electron chi connectivity index (χ3n) is 4.70. The Morgan fingerprint density at radius 1 is 1.03 bits per heavy atom. The van der Waals surface area contributed by atoms with E-state index in [1.807, 2.05) is 42.5 Å². The summed E-state index contributed by atoms with van der Waals surface area (Å²) in [6.07, 6.45) is 0.956. The maximum absolute atomic E-state index is 12.2. The topological polar surface area (TPSA) is 125 Å². The van der Waals surface area contributed by atoms with E-state index in [9.17, 15) is 14.4 Å². The van der Waals surface area contributed by atoms with Gasteiger partial charge in [0.05, 0.1) is 12.5 Å². The molecule has 0 bridgehead atoms. The SMILES string of the molecule is COC(=O)[C@@H](Cc1ccccc1)NC(=O)NCCCNc1n[nH]c(=O)c2ccccc12. The van der Waals surface area contributed by atoms with Gasteiger partial charge in [-0.25, -0.2) is 14.7 Å². The standard InChI is InChI=1S/C22H25N5O4/c1-31-21(29)18(14-15-8-3-2-4-9-15)25-22(30)24-13-7-12-23-19-16-10-5-6-11-17(16)20(28)27-26-19/h2-6,8-11,18H,7,12-14H2,1H3,(H,23,26)(H,27,28)(H2,24,25,30)/t18-/m1/s1. The minimum absolute atomic E-state index is 0.241. The van der Waals surface area contributed by atoms with Crippen LogP contribution >= 0.6 is 0 Å². The number of rotatable bonds is 9. The number of urea groups is 1. The van der Waals surface area contributed by atoms with Gasteiger partial charge in [0, 0.05) is 24.9 Å². The number of carbonyl (C=O) groups excluding carboxylic acids is 2. The zero-order chi connectivity index (χ0) is 22.1. The van der Waals surface area contributed by atoms with Crippen molar-refractivity contribution in [1.82, 2.24) is 20.8 Å². The molecule has 9 nitrogen and oxygen atoms in total. The van der Waals surface area contributed by atoms with Crippen molar-refractivity contribution < 1.29 is 14.3 Å². The van der Waals surface area contributed by atoms with Gasteiger partial charge in [-0.05, 0) is 18.1 Å². The van der Waals surface area contributed by atoms with E-state index in [0.29, 0.717) is 37.1 Å². The van der Waals surface area contributed by atoms with E-state index in [2.05, 4.69) is 26.1 Å². The van der Waals surface area contributed by atoms with Crippen LogP contribution in [0, 0.1) is 0 Å². The minimum atomic E-state index is -0.776. The number of aromatic nitrogens is 2. The van der Waals surface area contributed by atoms with Crippen LogP contribution in [-0.4, -0.2) is 48.4 Å². The maximum atomic E-state index is 12.2. The lowest BCUT2D eigenvalue weighted by Gasteiger charge is -2.17. The van der Waals surface area contributed by atoms with Crippen molar-refractivity contribution in [1.29, 1.82) is 0 Å². The van der Waals surface area contributed by atoms with Crippen molar-refractivity contribution in [3.63, 3.8) is 0 Å². The van der Waals surface area contributed by atoms with Crippen molar-refractivity contribution >= 4 is 28.6 Å². The molecule has 0 aliphatic heterocycles. The second-order valence-corrected chi connectivity index (χ2v) is 6.89. The largest absolute Gasteiger partial charge is 0.467 e. The molecule has 0 unspecified atom stereocenters. The van der Waals surface area contributed by atoms with E-state index in [1.54, 1.807) is 12.1 Å². The van der Waals surface area contributed by atoms with Gasteiger partial charge in [0.25, 0.3) is 5.56 Å².